The van der Waals surface area contributed by atoms with E-state index < -0.39 is 33.1 Å². The maximum absolute atomic E-state index is 13.8. The number of anilines is 1. The molecular weight excluding hydrogens is 431 g/mol. The first kappa shape index (κ1) is 23.8. The number of rotatable bonds is 10. The Bertz CT molecular complexity index is 1120. The summed E-state index contributed by atoms with van der Waals surface area (Å²) in [6.45, 7) is 1.34. The van der Waals surface area contributed by atoms with Gasteiger partial charge >= 0.3 is 0 Å². The molecule has 0 bridgehead atoms. The Kier molecular flexibility index (Phi) is 8.10. The minimum Gasteiger partial charge on any atom is -0.368 e. The number of halogens is 1. The number of carbonyl (C=O) groups is 1. The molecule has 0 aliphatic rings. The molecule has 2 rings (SSSR count). The highest BCUT2D eigenvalue weighted by atomic mass is 32.2. The van der Waals surface area contributed by atoms with Crippen LogP contribution in [0.2, 0.25) is 0 Å². The van der Waals surface area contributed by atoms with Crippen LogP contribution in [0.5, 0.6) is 0 Å². The van der Waals surface area contributed by atoms with E-state index in [9.17, 15) is 22.4 Å². The Hall–Kier alpha value is -3.45. The van der Waals surface area contributed by atoms with E-state index in [0.717, 1.165) is 10.6 Å². The van der Waals surface area contributed by atoms with Crippen molar-refractivity contribution in [2.45, 2.75) is 19.2 Å². The number of nitrogens with one attached hydrogen (secondary N) is 4. The smallest absolute Gasteiger partial charge is 0.275 e. The van der Waals surface area contributed by atoms with E-state index >= 15 is 0 Å². The third-order valence-corrected chi connectivity index (χ3v) is 5.19. The Labute approximate surface area is 177 Å². The predicted molar refractivity (Wildman–Crippen MR) is 112 cm³/mol. The number of aromatic nitrogens is 1. The van der Waals surface area contributed by atoms with Crippen molar-refractivity contribution in [1.82, 2.24) is 15.4 Å². The number of nitrogens with two attached hydrogens (primary N) is 1. The van der Waals surface area contributed by atoms with Crippen molar-refractivity contribution in [3.63, 3.8) is 0 Å². The first-order chi connectivity index (χ1) is 14.6. The highest BCUT2D eigenvalue weighted by Gasteiger charge is 2.18. The lowest BCUT2D eigenvalue weighted by atomic mass is 10.2. The summed E-state index contributed by atoms with van der Waals surface area (Å²) in [6.07, 6.45) is 0. The average molecular weight is 454 g/mol. The summed E-state index contributed by atoms with van der Waals surface area (Å²) in [7, 11) is -4.07. The van der Waals surface area contributed by atoms with Gasteiger partial charge < -0.3 is 15.6 Å². The number of guanidine groups is 1. The molecule has 1 heterocycles. The van der Waals surface area contributed by atoms with Crippen molar-refractivity contribution in [3.8, 4) is 0 Å². The number of benzene rings is 1. The summed E-state index contributed by atoms with van der Waals surface area (Å²) in [5, 5.41) is 9.43. The lowest BCUT2D eigenvalue weighted by molar-refractivity contribution is -0.122. The molecule has 0 saturated heterocycles. The van der Waals surface area contributed by atoms with Crippen LogP contribution in [0.1, 0.15) is 11.3 Å². The molecule has 13 heteroatoms. The summed E-state index contributed by atoms with van der Waals surface area (Å²) >= 11 is 0. The minimum absolute atomic E-state index is 0.0229. The highest BCUT2D eigenvalue weighted by Crippen LogP contribution is 2.13. The van der Waals surface area contributed by atoms with E-state index in [-0.39, 0.29) is 36.9 Å². The monoisotopic (exact) mass is 454 g/mol. The fraction of sp³-hybridized carbons (Fsp3) is 0.278. The molecule has 2 aromatic rings. The van der Waals surface area contributed by atoms with Crippen molar-refractivity contribution < 1.29 is 22.4 Å². The maximum atomic E-state index is 13.8. The molecule has 0 fully saturated rings. The van der Waals surface area contributed by atoms with Crippen LogP contribution in [0.25, 0.3) is 0 Å². The zero-order chi connectivity index (χ0) is 23.0. The topological polar surface area (TPSA) is 168 Å². The number of hydrogen-bond donors (Lipinski definition) is 5. The maximum Gasteiger partial charge on any atom is 0.275 e. The molecule has 0 unspecified atom stereocenters. The van der Waals surface area contributed by atoms with Crippen molar-refractivity contribution >= 4 is 27.6 Å². The molecule has 0 aliphatic carbocycles. The van der Waals surface area contributed by atoms with Crippen molar-refractivity contribution in [1.29, 1.82) is 5.41 Å². The Morgan fingerprint density at radius 2 is 1.97 bits per heavy atom. The van der Waals surface area contributed by atoms with Gasteiger partial charge in [0.25, 0.3) is 5.56 Å². The summed E-state index contributed by atoms with van der Waals surface area (Å²) in [5.74, 6) is -2.22. The molecule has 0 saturated carbocycles. The van der Waals surface area contributed by atoms with Gasteiger partial charge in [-0.05, 0) is 25.1 Å². The molecule has 6 N–H and O–H groups in total. The second kappa shape index (κ2) is 10.5. The van der Waals surface area contributed by atoms with Crippen LogP contribution in [-0.2, 0) is 32.0 Å². The normalized spacial score (nSPS) is 11.0. The van der Waals surface area contributed by atoms with Gasteiger partial charge in [0.1, 0.15) is 18.0 Å². The molecule has 0 aliphatic heterocycles. The SMILES string of the molecule is Cc1ccc(NS(=O)(=O)Cc2ccccc2F)c(=O)n1CC(=O)NCCONC(=N)N. The van der Waals surface area contributed by atoms with E-state index in [1.165, 1.54) is 30.3 Å². The van der Waals surface area contributed by atoms with Crippen LogP contribution in [0.3, 0.4) is 0 Å². The van der Waals surface area contributed by atoms with E-state index in [2.05, 4.69) is 15.5 Å². The van der Waals surface area contributed by atoms with Gasteiger partial charge in [0.05, 0.1) is 12.4 Å². The summed E-state index contributed by atoms with van der Waals surface area (Å²) in [6, 6.07) is 8.19. The van der Waals surface area contributed by atoms with Crippen LogP contribution >= 0.6 is 0 Å². The molecule has 1 amide bonds. The van der Waals surface area contributed by atoms with Crippen molar-refractivity contribution in [2.75, 3.05) is 17.9 Å². The number of amides is 1. The predicted octanol–water partition coefficient (Wildman–Crippen LogP) is -0.231. The Morgan fingerprint density at radius 3 is 2.65 bits per heavy atom. The fourth-order valence-electron chi connectivity index (χ4n) is 2.54. The molecule has 31 heavy (non-hydrogen) atoms. The molecule has 0 radical (unpaired) electrons. The number of carbonyl (C=O) groups excluding carboxylic acids is 1. The number of sulfonamides is 1. The zero-order valence-electron chi connectivity index (χ0n) is 16.6. The van der Waals surface area contributed by atoms with Gasteiger partial charge in [-0.15, -0.1) is 0 Å². The molecule has 1 aromatic carbocycles. The molecular formula is C18H23FN6O5S. The number of pyridine rings is 1. The van der Waals surface area contributed by atoms with Gasteiger partial charge in [0.2, 0.25) is 21.9 Å². The van der Waals surface area contributed by atoms with Gasteiger partial charge in [-0.3, -0.25) is 24.6 Å². The number of hydrogen-bond acceptors (Lipinski definition) is 6. The zero-order valence-corrected chi connectivity index (χ0v) is 17.5. The first-order valence-electron chi connectivity index (χ1n) is 9.02. The number of nitrogens with zero attached hydrogens (tertiary/aromatic N) is 1. The van der Waals surface area contributed by atoms with Crippen molar-refractivity contribution in [2.24, 2.45) is 5.73 Å². The average Bonchev–Trinajstić information content (AvgIpc) is 2.68. The Balaban J connectivity index is 2.06. The second-order valence-corrected chi connectivity index (χ2v) is 8.17. The van der Waals surface area contributed by atoms with E-state index in [0.29, 0.717) is 5.69 Å². The third kappa shape index (κ3) is 7.38. The summed E-state index contributed by atoms with van der Waals surface area (Å²) < 4.78 is 41.8. The van der Waals surface area contributed by atoms with E-state index in [1.807, 2.05) is 0 Å². The Morgan fingerprint density at radius 1 is 1.26 bits per heavy atom. The van der Waals surface area contributed by atoms with E-state index in [4.69, 9.17) is 16.0 Å². The van der Waals surface area contributed by atoms with Crippen LogP contribution in [-0.4, -0.2) is 38.0 Å². The first-order valence-corrected chi connectivity index (χ1v) is 10.7. The fourth-order valence-corrected chi connectivity index (χ4v) is 3.74. The second-order valence-electron chi connectivity index (χ2n) is 6.45. The summed E-state index contributed by atoms with van der Waals surface area (Å²) in [5.41, 5.74) is 6.55. The van der Waals surface area contributed by atoms with Crippen LogP contribution < -0.4 is 26.8 Å². The highest BCUT2D eigenvalue weighted by molar-refractivity contribution is 7.91. The van der Waals surface area contributed by atoms with Gasteiger partial charge in [-0.1, -0.05) is 18.2 Å². The molecule has 168 valence electrons. The standard InChI is InChI=1S/C18H23FN6O5S/c1-12-6-7-15(24-31(28,29)11-13-4-2-3-5-14(13)19)17(27)25(12)10-16(26)22-8-9-30-23-18(20)21/h2-7,24H,8-11H2,1H3,(H,22,26)(H4,20,21,23). The number of hydroxylamine groups is 1. The lowest BCUT2D eigenvalue weighted by Gasteiger charge is -2.14. The van der Waals surface area contributed by atoms with Crippen LogP contribution in [0.4, 0.5) is 10.1 Å². The lowest BCUT2D eigenvalue weighted by Crippen LogP contribution is -2.37. The quantitative estimate of drug-likeness (QED) is 0.143. The van der Waals surface area contributed by atoms with Gasteiger partial charge in [-0.2, -0.15) is 0 Å². The van der Waals surface area contributed by atoms with Crippen LogP contribution in [0, 0.1) is 18.2 Å². The molecule has 11 nitrogen and oxygen atoms in total. The summed E-state index contributed by atoms with van der Waals surface area (Å²) in [4.78, 5) is 29.6. The van der Waals surface area contributed by atoms with Crippen molar-refractivity contribution in [3.05, 3.63) is 63.8 Å². The van der Waals surface area contributed by atoms with Crippen LogP contribution in [0.15, 0.2) is 41.2 Å². The van der Waals surface area contributed by atoms with Gasteiger partial charge in [0, 0.05) is 17.8 Å². The van der Waals surface area contributed by atoms with Gasteiger partial charge in [-0.25, -0.2) is 18.3 Å². The van der Waals surface area contributed by atoms with E-state index in [1.54, 1.807) is 6.92 Å². The largest absolute Gasteiger partial charge is 0.368 e. The third-order valence-electron chi connectivity index (χ3n) is 3.97. The number of aryl methyl sites for hydroxylation is 1. The molecule has 0 atom stereocenters. The minimum atomic E-state index is -4.07. The molecule has 0 spiro atoms. The van der Waals surface area contributed by atoms with Gasteiger partial charge in [0.15, 0.2) is 0 Å². The molecule has 1 aromatic heterocycles.